The summed E-state index contributed by atoms with van der Waals surface area (Å²) < 4.78 is 2.01. The molecule has 7 nitrogen and oxygen atoms in total. The quantitative estimate of drug-likeness (QED) is 0.741. The summed E-state index contributed by atoms with van der Waals surface area (Å²) in [6.45, 7) is 3.61. The molecular formula is C19H22N6O. The van der Waals surface area contributed by atoms with Crippen LogP contribution in [0.15, 0.2) is 49.2 Å². The van der Waals surface area contributed by atoms with E-state index in [9.17, 15) is 4.79 Å². The molecule has 26 heavy (non-hydrogen) atoms. The largest absolute Gasteiger partial charge is 0.347 e. The molecule has 0 aliphatic carbocycles. The van der Waals surface area contributed by atoms with E-state index in [1.165, 1.54) is 0 Å². The second kappa shape index (κ2) is 7.13. The minimum absolute atomic E-state index is 0.0496. The lowest BCUT2D eigenvalue weighted by Crippen LogP contribution is -2.39. The van der Waals surface area contributed by atoms with E-state index in [1.807, 2.05) is 48.1 Å². The van der Waals surface area contributed by atoms with Crippen molar-refractivity contribution in [1.82, 2.24) is 24.4 Å². The zero-order valence-corrected chi connectivity index (χ0v) is 14.7. The van der Waals surface area contributed by atoms with Crippen LogP contribution in [0.1, 0.15) is 24.4 Å². The minimum Gasteiger partial charge on any atom is -0.347 e. The molecule has 1 atom stereocenters. The summed E-state index contributed by atoms with van der Waals surface area (Å²) in [5.74, 6) is 0.982. The molecular weight excluding hydrogens is 328 g/mol. The Morgan fingerprint density at radius 2 is 2.19 bits per heavy atom. The van der Waals surface area contributed by atoms with Gasteiger partial charge in [-0.15, -0.1) is 0 Å². The molecule has 1 aliphatic rings. The van der Waals surface area contributed by atoms with E-state index in [2.05, 4.69) is 25.2 Å². The Hall–Kier alpha value is -2.93. The molecule has 4 rings (SSSR count). The highest BCUT2D eigenvalue weighted by Crippen LogP contribution is 2.22. The van der Waals surface area contributed by atoms with Gasteiger partial charge in [-0.1, -0.05) is 0 Å². The van der Waals surface area contributed by atoms with Gasteiger partial charge in [0.15, 0.2) is 0 Å². The molecule has 0 bridgehead atoms. The molecule has 0 spiro atoms. The number of hydrogen-bond acceptors (Lipinski definition) is 4. The van der Waals surface area contributed by atoms with Crippen molar-refractivity contribution in [1.29, 1.82) is 0 Å². The van der Waals surface area contributed by atoms with Crippen molar-refractivity contribution in [3.05, 3.63) is 60.7 Å². The van der Waals surface area contributed by atoms with Gasteiger partial charge in [-0.05, 0) is 50.6 Å². The SMILES string of the molecule is Cc1nccn1-c1ccc(NC(=O)[C@H]2CCCN2Cc2cnc[nH]2)cc1. The Kier molecular flexibility index (Phi) is 4.53. The molecule has 7 heteroatoms. The Morgan fingerprint density at radius 3 is 2.88 bits per heavy atom. The first-order chi connectivity index (χ1) is 12.7. The van der Waals surface area contributed by atoms with Crippen molar-refractivity contribution in [3.63, 3.8) is 0 Å². The number of imidazole rings is 2. The summed E-state index contributed by atoms with van der Waals surface area (Å²) in [6, 6.07) is 7.73. The Bertz CT molecular complexity index is 868. The molecule has 3 heterocycles. The average Bonchev–Trinajstić information content (AvgIpc) is 3.38. The lowest BCUT2D eigenvalue weighted by molar-refractivity contribution is -0.120. The first kappa shape index (κ1) is 16.5. The monoisotopic (exact) mass is 350 g/mol. The number of nitrogens with zero attached hydrogens (tertiary/aromatic N) is 4. The Morgan fingerprint density at radius 1 is 1.35 bits per heavy atom. The standard InChI is InChI=1S/C19H22N6O/c1-14-21-8-10-25(14)17-6-4-15(5-7-17)23-19(26)18-3-2-9-24(18)12-16-11-20-13-22-16/h4-8,10-11,13,18H,2-3,9,12H2,1H3,(H,20,22)(H,23,26)/t18-/m1/s1. The number of benzene rings is 1. The van der Waals surface area contributed by atoms with Gasteiger partial charge in [0.05, 0.1) is 12.4 Å². The maximum atomic E-state index is 12.7. The van der Waals surface area contributed by atoms with E-state index in [0.29, 0.717) is 0 Å². The fourth-order valence-electron chi connectivity index (χ4n) is 3.48. The predicted molar refractivity (Wildman–Crippen MR) is 99.0 cm³/mol. The van der Waals surface area contributed by atoms with Gasteiger partial charge < -0.3 is 14.9 Å². The number of carbonyl (C=O) groups excluding carboxylic acids is 1. The van der Waals surface area contributed by atoms with Crippen LogP contribution in [0, 0.1) is 6.92 Å². The van der Waals surface area contributed by atoms with E-state index in [-0.39, 0.29) is 11.9 Å². The number of carbonyl (C=O) groups is 1. The normalized spacial score (nSPS) is 17.5. The van der Waals surface area contributed by atoms with Gasteiger partial charge in [0, 0.05) is 42.2 Å². The summed E-state index contributed by atoms with van der Waals surface area (Å²) in [7, 11) is 0. The maximum Gasteiger partial charge on any atom is 0.241 e. The molecule has 1 aliphatic heterocycles. The number of amides is 1. The third-order valence-electron chi connectivity index (χ3n) is 4.83. The highest BCUT2D eigenvalue weighted by molar-refractivity contribution is 5.95. The summed E-state index contributed by atoms with van der Waals surface area (Å²) in [6.07, 6.45) is 9.10. The van der Waals surface area contributed by atoms with Crippen LogP contribution in [0.4, 0.5) is 5.69 Å². The molecule has 1 amide bonds. The number of aromatic amines is 1. The molecule has 134 valence electrons. The second-order valence-electron chi connectivity index (χ2n) is 6.59. The van der Waals surface area contributed by atoms with Crippen LogP contribution < -0.4 is 5.32 Å². The molecule has 1 fully saturated rings. The third kappa shape index (κ3) is 3.39. The number of H-pyrrole nitrogens is 1. The van der Waals surface area contributed by atoms with Crippen LogP contribution >= 0.6 is 0 Å². The smallest absolute Gasteiger partial charge is 0.241 e. The number of anilines is 1. The van der Waals surface area contributed by atoms with Crippen LogP contribution in [0.2, 0.25) is 0 Å². The first-order valence-electron chi connectivity index (χ1n) is 8.83. The highest BCUT2D eigenvalue weighted by atomic mass is 16.2. The molecule has 2 N–H and O–H groups in total. The van der Waals surface area contributed by atoms with Crippen molar-refractivity contribution in [2.75, 3.05) is 11.9 Å². The number of nitrogens with one attached hydrogen (secondary N) is 2. The molecule has 1 saturated heterocycles. The molecule has 2 aromatic heterocycles. The topological polar surface area (TPSA) is 78.8 Å². The Balaban J connectivity index is 1.41. The van der Waals surface area contributed by atoms with Crippen molar-refractivity contribution >= 4 is 11.6 Å². The van der Waals surface area contributed by atoms with Crippen LogP contribution in [-0.2, 0) is 11.3 Å². The van der Waals surface area contributed by atoms with Crippen molar-refractivity contribution in [2.45, 2.75) is 32.4 Å². The van der Waals surface area contributed by atoms with Crippen molar-refractivity contribution in [2.24, 2.45) is 0 Å². The molecule has 3 aromatic rings. The molecule has 0 radical (unpaired) electrons. The van der Waals surface area contributed by atoms with Crippen LogP contribution in [0.5, 0.6) is 0 Å². The fraction of sp³-hybridized carbons (Fsp3) is 0.316. The van der Waals surface area contributed by atoms with Gasteiger partial charge in [0.1, 0.15) is 5.82 Å². The zero-order chi connectivity index (χ0) is 17.9. The van der Waals surface area contributed by atoms with E-state index < -0.39 is 0 Å². The number of likely N-dealkylation sites (tertiary alicyclic amines) is 1. The van der Waals surface area contributed by atoms with Gasteiger partial charge >= 0.3 is 0 Å². The van der Waals surface area contributed by atoms with Gasteiger partial charge in [-0.2, -0.15) is 0 Å². The number of hydrogen-bond donors (Lipinski definition) is 2. The van der Waals surface area contributed by atoms with E-state index in [1.54, 1.807) is 12.5 Å². The first-order valence-corrected chi connectivity index (χ1v) is 8.83. The predicted octanol–water partition coefficient (Wildman–Crippen LogP) is 2.51. The van der Waals surface area contributed by atoms with E-state index in [4.69, 9.17) is 0 Å². The Labute approximate surface area is 152 Å². The lowest BCUT2D eigenvalue weighted by Gasteiger charge is -2.23. The lowest BCUT2D eigenvalue weighted by atomic mass is 10.2. The average molecular weight is 350 g/mol. The minimum atomic E-state index is -0.103. The van der Waals surface area contributed by atoms with Crippen LogP contribution in [-0.4, -0.2) is 42.9 Å². The van der Waals surface area contributed by atoms with E-state index >= 15 is 0 Å². The van der Waals surface area contributed by atoms with Gasteiger partial charge in [0.25, 0.3) is 0 Å². The summed E-state index contributed by atoms with van der Waals surface area (Å²) >= 11 is 0. The van der Waals surface area contributed by atoms with Gasteiger partial charge in [-0.3, -0.25) is 9.69 Å². The van der Waals surface area contributed by atoms with E-state index in [0.717, 1.165) is 48.8 Å². The van der Waals surface area contributed by atoms with Gasteiger partial charge in [0.2, 0.25) is 5.91 Å². The number of aromatic nitrogens is 4. The van der Waals surface area contributed by atoms with Crippen LogP contribution in [0.3, 0.4) is 0 Å². The van der Waals surface area contributed by atoms with Crippen molar-refractivity contribution < 1.29 is 4.79 Å². The maximum absolute atomic E-state index is 12.7. The fourth-order valence-corrected chi connectivity index (χ4v) is 3.48. The summed E-state index contributed by atoms with van der Waals surface area (Å²) in [5, 5.41) is 3.05. The molecule has 0 unspecified atom stereocenters. The summed E-state index contributed by atoms with van der Waals surface area (Å²) in [5.41, 5.74) is 2.87. The zero-order valence-electron chi connectivity index (χ0n) is 14.7. The van der Waals surface area contributed by atoms with Crippen LogP contribution in [0.25, 0.3) is 5.69 Å². The number of rotatable bonds is 5. The van der Waals surface area contributed by atoms with Gasteiger partial charge in [-0.25, -0.2) is 9.97 Å². The second-order valence-corrected chi connectivity index (χ2v) is 6.59. The third-order valence-corrected chi connectivity index (χ3v) is 4.83. The van der Waals surface area contributed by atoms with Crippen molar-refractivity contribution in [3.8, 4) is 5.69 Å². The summed E-state index contributed by atoms with van der Waals surface area (Å²) in [4.78, 5) is 26.3. The molecule has 0 saturated carbocycles. The number of aryl methyl sites for hydroxylation is 1. The molecule has 1 aromatic carbocycles. The highest BCUT2D eigenvalue weighted by Gasteiger charge is 2.30.